The first kappa shape index (κ1) is 14.1. The minimum atomic E-state index is -0.739. The topological polar surface area (TPSA) is 55.1 Å². The van der Waals surface area contributed by atoms with E-state index in [1.807, 2.05) is 19.9 Å². The third-order valence-electron chi connectivity index (χ3n) is 3.90. The van der Waals surface area contributed by atoms with Gasteiger partial charge in [-0.3, -0.25) is 9.48 Å². The summed E-state index contributed by atoms with van der Waals surface area (Å²) in [5.74, 6) is -0.739. The average Bonchev–Trinajstić information content (AvgIpc) is 2.76. The maximum absolute atomic E-state index is 10.8. The third kappa shape index (κ3) is 4.08. The molecule has 1 N–H and O–H groups in total. The molecule has 0 aliphatic heterocycles. The van der Waals surface area contributed by atoms with Gasteiger partial charge in [0.05, 0.1) is 18.2 Å². The maximum Gasteiger partial charge on any atom is 0.303 e. The molecule has 0 unspecified atom stereocenters. The molecular weight excluding hydrogens is 240 g/mol. The number of aromatic nitrogens is 2. The minimum absolute atomic E-state index is 0.184. The Labute approximate surface area is 114 Å². The zero-order valence-corrected chi connectivity index (χ0v) is 11.9. The highest BCUT2D eigenvalue weighted by Crippen LogP contribution is 2.29. The first-order chi connectivity index (χ1) is 8.96. The molecule has 0 spiro atoms. The van der Waals surface area contributed by atoms with Crippen LogP contribution >= 0.6 is 0 Å². The molecular formula is C15H24N2O2. The zero-order valence-electron chi connectivity index (χ0n) is 11.9. The van der Waals surface area contributed by atoms with E-state index < -0.39 is 5.97 Å². The highest BCUT2D eigenvalue weighted by atomic mass is 16.4. The lowest BCUT2D eigenvalue weighted by molar-refractivity contribution is -0.139. The molecule has 0 radical (unpaired) electrons. The minimum Gasteiger partial charge on any atom is -0.481 e. The average molecular weight is 264 g/mol. The van der Waals surface area contributed by atoms with E-state index in [4.69, 9.17) is 5.11 Å². The fraction of sp³-hybridized carbons (Fsp3) is 0.733. The molecule has 0 saturated heterocycles. The first-order valence-electron chi connectivity index (χ1n) is 7.22. The molecule has 1 aromatic rings. The molecule has 4 nitrogen and oxygen atoms in total. The zero-order chi connectivity index (χ0) is 13.9. The van der Waals surface area contributed by atoms with Gasteiger partial charge in [-0.15, -0.1) is 0 Å². The molecule has 0 aromatic carbocycles. The van der Waals surface area contributed by atoms with Gasteiger partial charge in [0, 0.05) is 6.20 Å². The number of nitrogens with zero attached hydrogens (tertiary/aromatic N) is 2. The van der Waals surface area contributed by atoms with Crippen LogP contribution in [0.1, 0.15) is 64.1 Å². The smallest absolute Gasteiger partial charge is 0.303 e. The fourth-order valence-corrected chi connectivity index (χ4v) is 2.98. The molecule has 1 aromatic heterocycles. The van der Waals surface area contributed by atoms with E-state index in [0.29, 0.717) is 6.04 Å². The highest BCUT2D eigenvalue weighted by Gasteiger charge is 2.24. The summed E-state index contributed by atoms with van der Waals surface area (Å²) in [6.07, 6.45) is 9.34. The molecule has 19 heavy (non-hydrogen) atoms. The Morgan fingerprint density at radius 3 is 2.74 bits per heavy atom. The van der Waals surface area contributed by atoms with E-state index in [-0.39, 0.29) is 11.8 Å². The molecule has 0 atom stereocenters. The van der Waals surface area contributed by atoms with Crippen LogP contribution in [0.25, 0.3) is 0 Å². The molecule has 0 amide bonds. The number of carboxylic acids is 1. The molecule has 1 saturated carbocycles. The van der Waals surface area contributed by atoms with E-state index in [2.05, 4.69) is 16.0 Å². The molecule has 2 rings (SSSR count). The van der Waals surface area contributed by atoms with Crippen LogP contribution < -0.4 is 0 Å². The molecule has 1 aliphatic rings. The fourth-order valence-electron chi connectivity index (χ4n) is 2.98. The van der Waals surface area contributed by atoms with Crippen molar-refractivity contribution in [1.82, 2.24) is 9.78 Å². The molecule has 4 heteroatoms. The van der Waals surface area contributed by atoms with Crippen LogP contribution in [0.3, 0.4) is 0 Å². The van der Waals surface area contributed by atoms with Crippen molar-refractivity contribution < 1.29 is 9.90 Å². The summed E-state index contributed by atoms with van der Waals surface area (Å²) >= 11 is 0. The van der Waals surface area contributed by atoms with Gasteiger partial charge in [0.2, 0.25) is 0 Å². The van der Waals surface area contributed by atoms with Crippen molar-refractivity contribution in [3.8, 4) is 0 Å². The van der Waals surface area contributed by atoms with Crippen LogP contribution in [0.2, 0.25) is 0 Å². The summed E-state index contributed by atoms with van der Waals surface area (Å²) in [6, 6.07) is 2.59. The lowest BCUT2D eigenvalue weighted by Crippen LogP contribution is -2.20. The van der Waals surface area contributed by atoms with Gasteiger partial charge in [0.1, 0.15) is 0 Å². The number of aliphatic carboxylic acids is 1. The van der Waals surface area contributed by atoms with Gasteiger partial charge in [-0.2, -0.15) is 5.10 Å². The van der Waals surface area contributed by atoms with Gasteiger partial charge in [0.15, 0.2) is 0 Å². The number of rotatable bonds is 5. The molecule has 1 fully saturated rings. The Bertz CT molecular complexity index is 431. The quantitative estimate of drug-likeness (QED) is 0.886. The van der Waals surface area contributed by atoms with Crippen LogP contribution in [0.15, 0.2) is 12.3 Å². The van der Waals surface area contributed by atoms with Gasteiger partial charge in [-0.1, -0.05) is 33.1 Å². The summed E-state index contributed by atoms with van der Waals surface area (Å²) in [5, 5.41) is 13.6. The third-order valence-corrected chi connectivity index (χ3v) is 3.90. The summed E-state index contributed by atoms with van der Waals surface area (Å²) in [4.78, 5) is 10.8. The van der Waals surface area contributed by atoms with Gasteiger partial charge < -0.3 is 5.11 Å². The Morgan fingerprint density at radius 2 is 2.11 bits per heavy atom. The summed E-state index contributed by atoms with van der Waals surface area (Å²) in [5.41, 5.74) is 0.772. The summed E-state index contributed by atoms with van der Waals surface area (Å²) in [6.45, 7) is 3.97. The van der Waals surface area contributed by atoms with Crippen LogP contribution in [-0.4, -0.2) is 20.9 Å². The normalized spacial score (nSPS) is 17.6. The molecule has 1 heterocycles. The lowest BCUT2D eigenvalue weighted by atomic mass is 9.84. The van der Waals surface area contributed by atoms with E-state index in [0.717, 1.165) is 12.1 Å². The molecule has 106 valence electrons. The van der Waals surface area contributed by atoms with Gasteiger partial charge in [-0.25, -0.2) is 0 Å². The molecule has 1 aliphatic carbocycles. The van der Waals surface area contributed by atoms with Crippen molar-refractivity contribution >= 4 is 5.97 Å². The van der Waals surface area contributed by atoms with Crippen LogP contribution in [0, 0.1) is 5.41 Å². The summed E-state index contributed by atoms with van der Waals surface area (Å²) < 4.78 is 2.09. The number of hydrogen-bond acceptors (Lipinski definition) is 2. The first-order valence-corrected chi connectivity index (χ1v) is 7.22. The summed E-state index contributed by atoms with van der Waals surface area (Å²) in [7, 11) is 0. The van der Waals surface area contributed by atoms with Gasteiger partial charge in [0.25, 0.3) is 0 Å². The Morgan fingerprint density at radius 1 is 1.42 bits per heavy atom. The van der Waals surface area contributed by atoms with E-state index in [1.54, 1.807) is 0 Å². The van der Waals surface area contributed by atoms with Gasteiger partial charge in [-0.05, 0) is 30.7 Å². The van der Waals surface area contributed by atoms with Crippen molar-refractivity contribution in [3.05, 3.63) is 18.0 Å². The van der Waals surface area contributed by atoms with E-state index >= 15 is 0 Å². The lowest BCUT2D eigenvalue weighted by Gasteiger charge is -2.23. The highest BCUT2D eigenvalue weighted by molar-refractivity contribution is 5.67. The predicted molar refractivity (Wildman–Crippen MR) is 74.1 cm³/mol. The second-order valence-corrected chi connectivity index (χ2v) is 6.49. The van der Waals surface area contributed by atoms with E-state index in [9.17, 15) is 4.79 Å². The second-order valence-electron chi connectivity index (χ2n) is 6.49. The maximum atomic E-state index is 10.8. The van der Waals surface area contributed by atoms with Crippen LogP contribution in [0.4, 0.5) is 0 Å². The molecule has 0 bridgehead atoms. The Hall–Kier alpha value is -1.32. The van der Waals surface area contributed by atoms with Crippen molar-refractivity contribution in [2.45, 2.75) is 64.8 Å². The van der Waals surface area contributed by atoms with E-state index in [1.165, 1.54) is 32.1 Å². The van der Waals surface area contributed by atoms with Gasteiger partial charge >= 0.3 is 5.97 Å². The number of carbonyl (C=O) groups is 1. The Kier molecular flexibility index (Phi) is 4.27. The number of carboxylic acid groups (broad SMARTS) is 1. The number of hydrogen-bond donors (Lipinski definition) is 1. The van der Waals surface area contributed by atoms with Crippen molar-refractivity contribution in [3.63, 3.8) is 0 Å². The predicted octanol–water partition coefficient (Wildman–Crippen LogP) is 3.43. The standard InChI is InChI=1S/C15H24N2O2/c1-15(2,11-14(18)19)10-12-8-9-17(16-12)13-6-4-3-5-7-13/h8-9,13H,3-7,10-11H2,1-2H3,(H,18,19). The van der Waals surface area contributed by atoms with Crippen LogP contribution in [0.5, 0.6) is 0 Å². The van der Waals surface area contributed by atoms with Crippen molar-refractivity contribution in [2.75, 3.05) is 0 Å². The monoisotopic (exact) mass is 264 g/mol. The van der Waals surface area contributed by atoms with Crippen molar-refractivity contribution in [2.24, 2.45) is 5.41 Å². The Balaban J connectivity index is 1.98. The van der Waals surface area contributed by atoms with Crippen molar-refractivity contribution in [1.29, 1.82) is 0 Å². The SMILES string of the molecule is CC(C)(CC(=O)O)Cc1ccn(C2CCCCC2)n1. The second kappa shape index (κ2) is 5.76. The van der Waals surface area contributed by atoms with Crippen LogP contribution in [-0.2, 0) is 11.2 Å². The largest absolute Gasteiger partial charge is 0.481 e.